The van der Waals surface area contributed by atoms with Crippen molar-refractivity contribution in [1.82, 2.24) is 10.2 Å². The second-order valence-corrected chi connectivity index (χ2v) is 6.07. The third-order valence-electron chi connectivity index (χ3n) is 3.38. The number of benzene rings is 1. The molecule has 5 heteroatoms. The smallest absolute Gasteiger partial charge is 0.405 e. The van der Waals surface area contributed by atoms with Crippen molar-refractivity contribution < 1.29 is 9.53 Å². The SMILES string of the molecule is CC(C)(CCC#Cc1ccc(C=Cc2ccccc2)nn1)OC(N)=O. The number of amides is 1. The summed E-state index contributed by atoms with van der Waals surface area (Å²) in [4.78, 5) is 10.8. The molecule has 0 radical (unpaired) electrons. The van der Waals surface area contributed by atoms with Crippen molar-refractivity contribution in [3.8, 4) is 11.8 Å². The minimum atomic E-state index is -0.775. The van der Waals surface area contributed by atoms with E-state index in [0.717, 1.165) is 11.3 Å². The molecule has 2 aromatic rings. The molecule has 0 atom stereocenters. The first kappa shape index (κ1) is 18.2. The molecule has 0 fully saturated rings. The Kier molecular flexibility index (Phi) is 6.30. The first-order valence-electron chi connectivity index (χ1n) is 7.99. The molecule has 0 saturated carbocycles. The van der Waals surface area contributed by atoms with Crippen LogP contribution < -0.4 is 5.73 Å². The summed E-state index contributed by atoms with van der Waals surface area (Å²) in [6.07, 6.45) is 4.27. The molecule has 0 aliphatic heterocycles. The molecule has 0 saturated heterocycles. The molecule has 0 aliphatic rings. The minimum Gasteiger partial charge on any atom is -0.444 e. The Balaban J connectivity index is 1.89. The fourth-order valence-electron chi connectivity index (χ4n) is 2.08. The number of primary amides is 1. The second-order valence-electron chi connectivity index (χ2n) is 6.07. The van der Waals surface area contributed by atoms with Gasteiger partial charge in [0, 0.05) is 6.42 Å². The average Bonchev–Trinajstić information content (AvgIpc) is 2.58. The van der Waals surface area contributed by atoms with Gasteiger partial charge >= 0.3 is 6.09 Å². The van der Waals surface area contributed by atoms with Crippen molar-refractivity contribution in [3.63, 3.8) is 0 Å². The molecule has 0 aliphatic carbocycles. The molecule has 1 heterocycles. The van der Waals surface area contributed by atoms with E-state index in [0.29, 0.717) is 18.5 Å². The van der Waals surface area contributed by atoms with Gasteiger partial charge in [0.05, 0.1) is 5.69 Å². The number of ether oxygens (including phenoxy) is 1. The van der Waals surface area contributed by atoms with Crippen LogP contribution in [0.2, 0.25) is 0 Å². The Labute approximate surface area is 147 Å². The summed E-state index contributed by atoms with van der Waals surface area (Å²) in [6, 6.07) is 13.7. The van der Waals surface area contributed by atoms with Crippen LogP contribution in [0.4, 0.5) is 4.79 Å². The Morgan fingerprint density at radius 1 is 1.16 bits per heavy atom. The highest BCUT2D eigenvalue weighted by atomic mass is 16.6. The van der Waals surface area contributed by atoms with Crippen LogP contribution in [-0.4, -0.2) is 21.9 Å². The summed E-state index contributed by atoms with van der Waals surface area (Å²) in [7, 11) is 0. The first-order chi connectivity index (χ1) is 11.9. The van der Waals surface area contributed by atoms with E-state index in [1.165, 1.54) is 0 Å². The van der Waals surface area contributed by atoms with Gasteiger partial charge in [0.25, 0.3) is 0 Å². The summed E-state index contributed by atoms with van der Waals surface area (Å²) in [5.74, 6) is 5.96. The summed E-state index contributed by atoms with van der Waals surface area (Å²) < 4.78 is 5.00. The van der Waals surface area contributed by atoms with E-state index in [4.69, 9.17) is 10.5 Å². The first-order valence-corrected chi connectivity index (χ1v) is 7.99. The van der Waals surface area contributed by atoms with Crippen LogP contribution in [0, 0.1) is 11.8 Å². The molecule has 5 nitrogen and oxygen atoms in total. The largest absolute Gasteiger partial charge is 0.444 e. The fraction of sp³-hybridized carbons (Fsp3) is 0.250. The normalized spacial score (nSPS) is 11.0. The highest BCUT2D eigenvalue weighted by Gasteiger charge is 2.20. The van der Waals surface area contributed by atoms with Gasteiger partial charge in [0.15, 0.2) is 0 Å². The lowest BCUT2D eigenvalue weighted by atomic mass is 10.0. The van der Waals surface area contributed by atoms with Crippen LogP contribution in [0.1, 0.15) is 43.6 Å². The molecule has 1 amide bonds. The van der Waals surface area contributed by atoms with Crippen LogP contribution >= 0.6 is 0 Å². The monoisotopic (exact) mass is 335 g/mol. The van der Waals surface area contributed by atoms with E-state index < -0.39 is 11.7 Å². The Hall–Kier alpha value is -3.13. The van der Waals surface area contributed by atoms with Crippen LogP contribution in [0.25, 0.3) is 12.2 Å². The maximum absolute atomic E-state index is 10.8. The Bertz CT molecular complexity index is 785. The van der Waals surface area contributed by atoms with E-state index >= 15 is 0 Å². The van der Waals surface area contributed by atoms with Gasteiger partial charge in [-0.1, -0.05) is 42.3 Å². The van der Waals surface area contributed by atoms with Crippen LogP contribution in [0.5, 0.6) is 0 Å². The zero-order valence-electron chi connectivity index (χ0n) is 14.4. The number of aromatic nitrogens is 2. The fourth-order valence-corrected chi connectivity index (χ4v) is 2.08. The van der Waals surface area contributed by atoms with E-state index in [-0.39, 0.29) is 0 Å². The molecular formula is C20H21N3O2. The lowest BCUT2D eigenvalue weighted by Gasteiger charge is -2.22. The molecular weight excluding hydrogens is 314 g/mol. The minimum absolute atomic E-state index is 0.567. The van der Waals surface area contributed by atoms with Gasteiger partial charge < -0.3 is 10.5 Å². The molecule has 2 N–H and O–H groups in total. The topological polar surface area (TPSA) is 78.1 Å². The van der Waals surface area contributed by atoms with Gasteiger partial charge in [-0.2, -0.15) is 0 Å². The van der Waals surface area contributed by atoms with Crippen molar-refractivity contribution in [2.45, 2.75) is 32.3 Å². The molecule has 0 bridgehead atoms. The van der Waals surface area contributed by atoms with Gasteiger partial charge in [0.1, 0.15) is 11.3 Å². The number of hydrogen-bond acceptors (Lipinski definition) is 4. The van der Waals surface area contributed by atoms with Crippen molar-refractivity contribution >= 4 is 18.2 Å². The molecule has 1 aromatic heterocycles. The number of nitrogens with zero attached hydrogens (tertiary/aromatic N) is 2. The summed E-state index contributed by atoms with van der Waals surface area (Å²) >= 11 is 0. The maximum atomic E-state index is 10.8. The van der Waals surface area contributed by atoms with Crippen molar-refractivity contribution in [2.24, 2.45) is 5.73 Å². The third kappa shape index (κ3) is 6.88. The van der Waals surface area contributed by atoms with E-state index in [1.54, 1.807) is 13.8 Å². The lowest BCUT2D eigenvalue weighted by Crippen LogP contribution is -2.30. The highest BCUT2D eigenvalue weighted by Crippen LogP contribution is 2.16. The molecule has 25 heavy (non-hydrogen) atoms. The quantitative estimate of drug-likeness (QED) is 0.846. The van der Waals surface area contributed by atoms with Gasteiger partial charge in [-0.25, -0.2) is 4.79 Å². The number of hydrogen-bond donors (Lipinski definition) is 1. The van der Waals surface area contributed by atoms with Crippen LogP contribution in [0.3, 0.4) is 0 Å². The van der Waals surface area contributed by atoms with Gasteiger partial charge in [0.2, 0.25) is 0 Å². The highest BCUT2D eigenvalue weighted by molar-refractivity contribution is 5.67. The number of carbonyl (C=O) groups is 1. The summed E-state index contributed by atoms with van der Waals surface area (Å²) in [5.41, 5.74) is 6.88. The molecule has 0 unspecified atom stereocenters. The number of rotatable bonds is 5. The zero-order chi connectivity index (χ0) is 18.1. The summed E-state index contributed by atoms with van der Waals surface area (Å²) in [5, 5.41) is 8.23. The van der Waals surface area contributed by atoms with E-state index in [9.17, 15) is 4.79 Å². The second kappa shape index (κ2) is 8.65. The predicted octanol–water partition coefficient (Wildman–Crippen LogP) is 3.65. The standard InChI is InChI=1S/C20H21N3O2/c1-20(2,25-19(21)24)15-7-6-10-17-13-14-18(23-22-17)12-11-16-8-4-3-5-9-16/h3-5,8-9,11-14H,7,15H2,1-2H3,(H2,21,24). The van der Waals surface area contributed by atoms with E-state index in [1.807, 2.05) is 54.6 Å². The number of carbonyl (C=O) groups excluding carboxylic acids is 1. The van der Waals surface area contributed by atoms with Crippen molar-refractivity contribution in [3.05, 3.63) is 59.4 Å². The van der Waals surface area contributed by atoms with Crippen molar-refractivity contribution in [2.75, 3.05) is 0 Å². The van der Waals surface area contributed by atoms with Crippen LogP contribution in [0.15, 0.2) is 42.5 Å². The molecule has 2 rings (SSSR count). The lowest BCUT2D eigenvalue weighted by molar-refractivity contribution is 0.0403. The Morgan fingerprint density at radius 3 is 2.56 bits per heavy atom. The molecule has 1 aromatic carbocycles. The molecule has 128 valence electrons. The average molecular weight is 335 g/mol. The van der Waals surface area contributed by atoms with Gasteiger partial charge in [-0.3, -0.25) is 0 Å². The predicted molar refractivity (Wildman–Crippen MR) is 98.3 cm³/mol. The van der Waals surface area contributed by atoms with Gasteiger partial charge in [-0.15, -0.1) is 10.2 Å². The number of nitrogens with two attached hydrogens (primary N) is 1. The van der Waals surface area contributed by atoms with Gasteiger partial charge in [-0.05, 0) is 50.0 Å². The maximum Gasteiger partial charge on any atom is 0.405 e. The van der Waals surface area contributed by atoms with Crippen LogP contribution in [-0.2, 0) is 4.74 Å². The third-order valence-corrected chi connectivity index (χ3v) is 3.38. The summed E-state index contributed by atoms with van der Waals surface area (Å²) in [6.45, 7) is 3.60. The molecule has 0 spiro atoms. The van der Waals surface area contributed by atoms with Crippen molar-refractivity contribution in [1.29, 1.82) is 0 Å². The van der Waals surface area contributed by atoms with E-state index in [2.05, 4.69) is 22.0 Å². The Morgan fingerprint density at radius 2 is 1.92 bits per heavy atom. The zero-order valence-corrected chi connectivity index (χ0v) is 14.4.